The van der Waals surface area contributed by atoms with Crippen molar-refractivity contribution in [3.63, 3.8) is 0 Å². The second-order valence-electron chi connectivity index (χ2n) is 4.03. The summed E-state index contributed by atoms with van der Waals surface area (Å²) in [6.07, 6.45) is 0. The molecule has 0 N–H and O–H groups in total. The molecule has 0 radical (unpaired) electrons. The Morgan fingerprint density at radius 1 is 1.00 bits per heavy atom. The zero-order valence-corrected chi connectivity index (χ0v) is 10.7. The van der Waals surface area contributed by atoms with Crippen molar-refractivity contribution in [2.75, 3.05) is 0 Å². The number of alkyl halides is 2. The van der Waals surface area contributed by atoms with E-state index in [9.17, 15) is 8.78 Å². The highest BCUT2D eigenvalue weighted by atomic mass is 35.5. The lowest BCUT2D eigenvalue weighted by Gasteiger charge is -2.18. The molecule has 5 heteroatoms. The van der Waals surface area contributed by atoms with Gasteiger partial charge in [0, 0.05) is 5.56 Å². The number of hydrogen-bond donors (Lipinski definition) is 0. The fraction of sp³-hybridized carbons (Fsp3) is 0.231. The monoisotopic (exact) mass is 268 g/mol. The average Bonchev–Trinajstić information content (AvgIpc) is 2.37. The highest BCUT2D eigenvalue weighted by Gasteiger charge is 2.38. The SMILES string of the molecule is Cc1c(Cl)nnc(C(F)(F)c2ccccc2)c1C. The van der Waals surface area contributed by atoms with Crippen molar-refractivity contribution in [1.82, 2.24) is 10.2 Å². The van der Waals surface area contributed by atoms with Gasteiger partial charge in [-0.2, -0.15) is 8.78 Å². The first-order chi connectivity index (χ1) is 8.44. The second kappa shape index (κ2) is 4.61. The van der Waals surface area contributed by atoms with Gasteiger partial charge in [-0.3, -0.25) is 0 Å². The molecule has 0 unspecified atom stereocenters. The lowest BCUT2D eigenvalue weighted by atomic mass is 10.0. The molecular weight excluding hydrogens is 258 g/mol. The number of aromatic nitrogens is 2. The Labute approximate surface area is 109 Å². The van der Waals surface area contributed by atoms with Crippen molar-refractivity contribution in [2.45, 2.75) is 19.8 Å². The van der Waals surface area contributed by atoms with Gasteiger partial charge in [0.05, 0.1) is 0 Å². The average molecular weight is 269 g/mol. The highest BCUT2D eigenvalue weighted by Crippen LogP contribution is 2.37. The van der Waals surface area contributed by atoms with Gasteiger partial charge >= 0.3 is 5.92 Å². The van der Waals surface area contributed by atoms with Gasteiger partial charge in [-0.25, -0.2) is 0 Å². The molecule has 1 aromatic carbocycles. The van der Waals surface area contributed by atoms with E-state index in [0.29, 0.717) is 11.1 Å². The highest BCUT2D eigenvalue weighted by molar-refractivity contribution is 6.30. The molecule has 0 aliphatic rings. The standard InChI is InChI=1S/C13H11ClF2N2/c1-8-9(2)12(14)18-17-11(8)13(15,16)10-6-4-3-5-7-10/h3-7H,1-2H3. The molecular formula is C13H11ClF2N2. The van der Waals surface area contributed by atoms with Gasteiger partial charge in [0.15, 0.2) is 5.15 Å². The third-order valence-electron chi connectivity index (χ3n) is 2.90. The van der Waals surface area contributed by atoms with Crippen LogP contribution in [0.5, 0.6) is 0 Å². The quantitative estimate of drug-likeness (QED) is 0.826. The van der Waals surface area contributed by atoms with Gasteiger partial charge in [0.1, 0.15) is 5.69 Å². The van der Waals surface area contributed by atoms with E-state index in [1.54, 1.807) is 32.0 Å². The van der Waals surface area contributed by atoms with Crippen LogP contribution in [0.2, 0.25) is 5.15 Å². The molecule has 1 aromatic heterocycles. The van der Waals surface area contributed by atoms with Crippen LogP contribution in [0, 0.1) is 13.8 Å². The first-order valence-electron chi connectivity index (χ1n) is 5.37. The molecule has 2 aromatic rings. The smallest absolute Gasteiger partial charge is 0.194 e. The molecule has 0 bridgehead atoms. The Balaban J connectivity index is 2.58. The minimum atomic E-state index is -3.17. The first-order valence-corrected chi connectivity index (χ1v) is 5.75. The van der Waals surface area contributed by atoms with Gasteiger partial charge in [0.25, 0.3) is 0 Å². The molecule has 0 atom stereocenters. The molecule has 18 heavy (non-hydrogen) atoms. The molecule has 0 amide bonds. The van der Waals surface area contributed by atoms with E-state index >= 15 is 0 Å². The lowest BCUT2D eigenvalue weighted by molar-refractivity contribution is 0.0362. The molecule has 0 spiro atoms. The lowest BCUT2D eigenvalue weighted by Crippen LogP contribution is -2.20. The summed E-state index contributed by atoms with van der Waals surface area (Å²) >= 11 is 5.76. The minimum absolute atomic E-state index is 0.107. The van der Waals surface area contributed by atoms with Crippen molar-refractivity contribution >= 4 is 11.6 Å². The topological polar surface area (TPSA) is 25.8 Å². The van der Waals surface area contributed by atoms with Crippen molar-refractivity contribution in [3.8, 4) is 0 Å². The van der Waals surface area contributed by atoms with E-state index in [1.165, 1.54) is 12.1 Å². The number of rotatable bonds is 2. The summed E-state index contributed by atoms with van der Waals surface area (Å²) in [7, 11) is 0. The van der Waals surface area contributed by atoms with Gasteiger partial charge in [-0.1, -0.05) is 41.9 Å². The van der Waals surface area contributed by atoms with Crippen molar-refractivity contribution in [1.29, 1.82) is 0 Å². The summed E-state index contributed by atoms with van der Waals surface area (Å²) in [6, 6.07) is 7.55. The summed E-state index contributed by atoms with van der Waals surface area (Å²) in [6.45, 7) is 3.22. The summed E-state index contributed by atoms with van der Waals surface area (Å²) in [5.41, 5.74) is 0.431. The van der Waals surface area contributed by atoms with E-state index in [0.717, 1.165) is 0 Å². The normalized spacial score (nSPS) is 11.6. The molecule has 0 fully saturated rings. The Morgan fingerprint density at radius 3 is 2.22 bits per heavy atom. The summed E-state index contributed by atoms with van der Waals surface area (Å²) in [5, 5.41) is 7.27. The summed E-state index contributed by atoms with van der Waals surface area (Å²) in [4.78, 5) is 0. The molecule has 0 aliphatic carbocycles. The van der Waals surface area contributed by atoms with Crippen molar-refractivity contribution < 1.29 is 8.78 Å². The third kappa shape index (κ3) is 2.08. The van der Waals surface area contributed by atoms with Crippen LogP contribution in [-0.4, -0.2) is 10.2 Å². The van der Waals surface area contributed by atoms with Gasteiger partial charge in [0.2, 0.25) is 0 Å². The van der Waals surface area contributed by atoms with E-state index in [1.807, 2.05) is 0 Å². The fourth-order valence-electron chi connectivity index (χ4n) is 1.66. The predicted octanol–water partition coefficient (Wildman–Crippen LogP) is 3.89. The Hall–Kier alpha value is -1.55. The van der Waals surface area contributed by atoms with Crippen LogP contribution in [0.25, 0.3) is 0 Å². The van der Waals surface area contributed by atoms with Crippen LogP contribution in [0.4, 0.5) is 8.78 Å². The summed E-state index contributed by atoms with van der Waals surface area (Å²) < 4.78 is 28.6. The largest absolute Gasteiger partial charge is 0.317 e. The van der Waals surface area contributed by atoms with E-state index in [-0.39, 0.29) is 16.4 Å². The number of benzene rings is 1. The molecule has 94 valence electrons. The maximum absolute atomic E-state index is 14.3. The molecule has 0 saturated carbocycles. The van der Waals surface area contributed by atoms with E-state index < -0.39 is 5.92 Å². The van der Waals surface area contributed by atoms with E-state index in [4.69, 9.17) is 11.6 Å². The Kier molecular flexibility index (Phi) is 3.30. The molecule has 0 saturated heterocycles. The van der Waals surface area contributed by atoms with Crippen LogP contribution in [0.3, 0.4) is 0 Å². The number of hydrogen-bond acceptors (Lipinski definition) is 2. The Morgan fingerprint density at radius 2 is 1.61 bits per heavy atom. The number of nitrogens with zero attached hydrogens (tertiary/aromatic N) is 2. The molecule has 2 nitrogen and oxygen atoms in total. The van der Waals surface area contributed by atoms with Gasteiger partial charge < -0.3 is 0 Å². The van der Waals surface area contributed by atoms with E-state index in [2.05, 4.69) is 10.2 Å². The van der Waals surface area contributed by atoms with Crippen LogP contribution in [0.1, 0.15) is 22.4 Å². The van der Waals surface area contributed by atoms with Crippen LogP contribution < -0.4 is 0 Å². The van der Waals surface area contributed by atoms with Crippen LogP contribution in [0.15, 0.2) is 30.3 Å². The fourth-order valence-corrected chi connectivity index (χ4v) is 1.84. The Bertz CT molecular complexity index is 571. The number of halogens is 3. The second-order valence-corrected chi connectivity index (χ2v) is 4.39. The predicted molar refractivity (Wildman–Crippen MR) is 66.0 cm³/mol. The van der Waals surface area contributed by atoms with Gasteiger partial charge in [-0.05, 0) is 25.0 Å². The van der Waals surface area contributed by atoms with Crippen molar-refractivity contribution in [2.24, 2.45) is 0 Å². The summed E-state index contributed by atoms with van der Waals surface area (Å²) in [5.74, 6) is -3.17. The molecule has 0 aliphatic heterocycles. The van der Waals surface area contributed by atoms with Crippen molar-refractivity contribution in [3.05, 3.63) is 57.9 Å². The maximum atomic E-state index is 14.3. The van der Waals surface area contributed by atoms with Crippen LogP contribution >= 0.6 is 11.6 Å². The molecule has 2 rings (SSSR count). The van der Waals surface area contributed by atoms with Gasteiger partial charge in [-0.15, -0.1) is 10.2 Å². The minimum Gasteiger partial charge on any atom is -0.194 e. The zero-order chi connectivity index (χ0) is 13.3. The molecule has 1 heterocycles. The zero-order valence-electron chi connectivity index (χ0n) is 9.92. The van der Waals surface area contributed by atoms with Crippen LogP contribution in [-0.2, 0) is 5.92 Å². The third-order valence-corrected chi connectivity index (χ3v) is 3.26. The maximum Gasteiger partial charge on any atom is 0.317 e. The first kappa shape index (κ1) is 12.9.